The van der Waals surface area contributed by atoms with Crippen LogP contribution in [-0.2, 0) is 20.1 Å². The Bertz CT molecular complexity index is 1060. The molecule has 128 valence electrons. The minimum Gasteiger partial charge on any atom is -0.303 e. The maximum atomic E-state index is 12.8. The Kier molecular flexibility index (Phi) is 3.70. The molecule has 8 heteroatoms. The van der Waals surface area contributed by atoms with Gasteiger partial charge in [-0.05, 0) is 40.2 Å². The Balaban J connectivity index is 2.50. The van der Waals surface area contributed by atoms with Crippen LogP contribution < -0.4 is 11.2 Å². The SMILES string of the molecule is CCn1c(=O)c2c(nc(-n3nc(C)c(C)c3C)n2CC)n(C)c1=O. The molecule has 0 saturated heterocycles. The van der Waals surface area contributed by atoms with Crippen LogP contribution >= 0.6 is 0 Å². The molecule has 0 aliphatic carbocycles. The van der Waals surface area contributed by atoms with Gasteiger partial charge in [0.2, 0.25) is 5.95 Å². The van der Waals surface area contributed by atoms with Gasteiger partial charge in [-0.3, -0.25) is 13.9 Å². The van der Waals surface area contributed by atoms with Crippen LogP contribution in [0.1, 0.15) is 30.8 Å². The van der Waals surface area contributed by atoms with Gasteiger partial charge in [0.25, 0.3) is 5.56 Å². The highest BCUT2D eigenvalue weighted by Crippen LogP contribution is 2.19. The summed E-state index contributed by atoms with van der Waals surface area (Å²) < 4.78 is 6.22. The zero-order valence-electron chi connectivity index (χ0n) is 14.9. The molecule has 24 heavy (non-hydrogen) atoms. The van der Waals surface area contributed by atoms with Crippen LogP contribution in [0.5, 0.6) is 0 Å². The number of hydrogen-bond acceptors (Lipinski definition) is 4. The second-order valence-electron chi connectivity index (χ2n) is 5.93. The van der Waals surface area contributed by atoms with Gasteiger partial charge in [-0.1, -0.05) is 0 Å². The third-order valence-corrected chi connectivity index (χ3v) is 4.69. The number of fused-ring (bicyclic) bond motifs is 1. The van der Waals surface area contributed by atoms with E-state index in [1.807, 2.05) is 32.3 Å². The lowest BCUT2D eigenvalue weighted by Gasteiger charge is -2.08. The number of nitrogens with zero attached hydrogens (tertiary/aromatic N) is 6. The van der Waals surface area contributed by atoms with Crippen molar-refractivity contribution < 1.29 is 0 Å². The van der Waals surface area contributed by atoms with Gasteiger partial charge in [-0.25, -0.2) is 9.48 Å². The number of aromatic nitrogens is 6. The first-order chi connectivity index (χ1) is 11.3. The molecule has 8 nitrogen and oxygen atoms in total. The lowest BCUT2D eigenvalue weighted by Crippen LogP contribution is -2.39. The zero-order valence-corrected chi connectivity index (χ0v) is 14.9. The minimum atomic E-state index is -0.355. The van der Waals surface area contributed by atoms with Crippen molar-refractivity contribution in [3.8, 4) is 5.95 Å². The number of rotatable bonds is 3. The summed E-state index contributed by atoms with van der Waals surface area (Å²) in [5.74, 6) is 0.558. The Morgan fingerprint density at radius 1 is 1.00 bits per heavy atom. The quantitative estimate of drug-likeness (QED) is 0.719. The Morgan fingerprint density at radius 2 is 1.62 bits per heavy atom. The van der Waals surface area contributed by atoms with E-state index < -0.39 is 0 Å². The van der Waals surface area contributed by atoms with E-state index in [0.717, 1.165) is 17.0 Å². The summed E-state index contributed by atoms with van der Waals surface area (Å²) in [6, 6.07) is 0. The number of imidazole rings is 1. The van der Waals surface area contributed by atoms with Crippen molar-refractivity contribution in [1.82, 2.24) is 28.5 Å². The lowest BCUT2D eigenvalue weighted by atomic mass is 10.2. The maximum Gasteiger partial charge on any atom is 0.332 e. The molecule has 0 aliphatic heterocycles. The van der Waals surface area contributed by atoms with Crippen LogP contribution in [0.15, 0.2) is 9.59 Å². The summed E-state index contributed by atoms with van der Waals surface area (Å²) in [5, 5.41) is 4.55. The molecule has 0 bridgehead atoms. The average molecular weight is 330 g/mol. The normalized spacial score (nSPS) is 11.6. The molecule has 0 fully saturated rings. The lowest BCUT2D eigenvalue weighted by molar-refractivity contribution is 0.631. The van der Waals surface area contributed by atoms with E-state index in [1.165, 1.54) is 9.13 Å². The third kappa shape index (κ3) is 1.98. The van der Waals surface area contributed by atoms with Gasteiger partial charge in [-0.15, -0.1) is 0 Å². The first kappa shape index (κ1) is 16.2. The van der Waals surface area contributed by atoms with Crippen LogP contribution in [0.25, 0.3) is 17.1 Å². The summed E-state index contributed by atoms with van der Waals surface area (Å²) in [7, 11) is 1.64. The highest BCUT2D eigenvalue weighted by molar-refractivity contribution is 5.72. The van der Waals surface area contributed by atoms with E-state index in [9.17, 15) is 9.59 Å². The molecular formula is C16H22N6O2. The van der Waals surface area contributed by atoms with Crippen LogP contribution in [-0.4, -0.2) is 28.5 Å². The van der Waals surface area contributed by atoms with Crippen molar-refractivity contribution in [2.45, 2.75) is 47.7 Å². The summed E-state index contributed by atoms with van der Waals surface area (Å²) in [6.45, 7) is 10.5. The van der Waals surface area contributed by atoms with Crippen molar-refractivity contribution in [3.63, 3.8) is 0 Å². The van der Waals surface area contributed by atoms with Crippen LogP contribution in [0.3, 0.4) is 0 Å². The highest BCUT2D eigenvalue weighted by Gasteiger charge is 2.22. The van der Waals surface area contributed by atoms with Gasteiger partial charge in [0.15, 0.2) is 11.2 Å². The predicted octanol–water partition coefficient (Wildman–Crippen LogP) is 1.05. The molecule has 0 unspecified atom stereocenters. The van der Waals surface area contributed by atoms with E-state index in [-0.39, 0.29) is 11.2 Å². The maximum absolute atomic E-state index is 12.8. The summed E-state index contributed by atoms with van der Waals surface area (Å²) in [4.78, 5) is 29.7. The predicted molar refractivity (Wildman–Crippen MR) is 91.9 cm³/mol. The largest absolute Gasteiger partial charge is 0.332 e. The smallest absolute Gasteiger partial charge is 0.303 e. The molecule has 0 aromatic carbocycles. The topological polar surface area (TPSA) is 79.6 Å². The van der Waals surface area contributed by atoms with Crippen LogP contribution in [0.2, 0.25) is 0 Å². The van der Waals surface area contributed by atoms with Crippen LogP contribution in [0, 0.1) is 20.8 Å². The summed E-state index contributed by atoms with van der Waals surface area (Å²) >= 11 is 0. The fraction of sp³-hybridized carbons (Fsp3) is 0.500. The molecule has 0 radical (unpaired) electrons. The Morgan fingerprint density at radius 3 is 2.12 bits per heavy atom. The van der Waals surface area contributed by atoms with Crippen molar-refractivity contribution in [2.24, 2.45) is 7.05 Å². The van der Waals surface area contributed by atoms with Crippen molar-refractivity contribution in [2.75, 3.05) is 0 Å². The monoisotopic (exact) mass is 330 g/mol. The minimum absolute atomic E-state index is 0.311. The second-order valence-corrected chi connectivity index (χ2v) is 5.93. The molecule has 3 aromatic heterocycles. The van der Waals surface area contributed by atoms with E-state index >= 15 is 0 Å². The van der Waals surface area contributed by atoms with Gasteiger partial charge >= 0.3 is 5.69 Å². The van der Waals surface area contributed by atoms with Gasteiger partial charge in [0, 0.05) is 25.8 Å². The van der Waals surface area contributed by atoms with Crippen molar-refractivity contribution >= 4 is 11.2 Å². The molecule has 0 spiro atoms. The standard InChI is InChI=1S/C16H22N6O2/c1-7-20-12-13(19(6)16(24)21(8-2)14(12)23)17-15(20)22-11(5)9(3)10(4)18-22/h7-8H2,1-6H3. The van der Waals surface area contributed by atoms with Crippen molar-refractivity contribution in [3.05, 3.63) is 37.8 Å². The van der Waals surface area contributed by atoms with Crippen molar-refractivity contribution in [1.29, 1.82) is 0 Å². The zero-order chi connectivity index (χ0) is 17.8. The van der Waals surface area contributed by atoms with E-state index in [4.69, 9.17) is 0 Å². The van der Waals surface area contributed by atoms with Crippen LogP contribution in [0.4, 0.5) is 0 Å². The molecule has 0 N–H and O–H groups in total. The molecular weight excluding hydrogens is 308 g/mol. The summed E-state index contributed by atoms with van der Waals surface area (Å²) in [6.07, 6.45) is 0. The first-order valence-corrected chi connectivity index (χ1v) is 8.06. The molecule has 0 saturated carbocycles. The van der Waals surface area contributed by atoms with Gasteiger partial charge in [0.05, 0.1) is 5.69 Å². The molecule has 0 amide bonds. The molecule has 3 aromatic rings. The van der Waals surface area contributed by atoms with Gasteiger partial charge in [0.1, 0.15) is 0 Å². The van der Waals surface area contributed by atoms with E-state index in [0.29, 0.717) is 30.2 Å². The van der Waals surface area contributed by atoms with E-state index in [1.54, 1.807) is 18.7 Å². The number of aryl methyl sites for hydroxylation is 3. The molecule has 3 heterocycles. The average Bonchev–Trinajstić information content (AvgIpc) is 3.06. The summed E-state index contributed by atoms with van der Waals surface area (Å²) in [5.41, 5.74) is 3.13. The van der Waals surface area contributed by atoms with Gasteiger partial charge < -0.3 is 4.57 Å². The Labute approximate surface area is 139 Å². The fourth-order valence-corrected chi connectivity index (χ4v) is 3.02. The number of hydrogen-bond donors (Lipinski definition) is 0. The van der Waals surface area contributed by atoms with Gasteiger partial charge in [-0.2, -0.15) is 10.1 Å². The second kappa shape index (κ2) is 5.47. The highest BCUT2D eigenvalue weighted by atomic mass is 16.2. The fourth-order valence-electron chi connectivity index (χ4n) is 3.02. The third-order valence-electron chi connectivity index (χ3n) is 4.69. The Hall–Kier alpha value is -2.64. The molecule has 3 rings (SSSR count). The van der Waals surface area contributed by atoms with E-state index in [2.05, 4.69) is 10.1 Å². The first-order valence-electron chi connectivity index (χ1n) is 8.06. The molecule has 0 aliphatic rings. The molecule has 0 atom stereocenters.